The Bertz CT molecular complexity index is 586. The van der Waals surface area contributed by atoms with Crippen LogP contribution in [0, 0.1) is 0 Å². The molecule has 0 spiro atoms. The lowest BCUT2D eigenvalue weighted by Crippen LogP contribution is -2.20. The summed E-state index contributed by atoms with van der Waals surface area (Å²) in [6.45, 7) is 0.311. The summed E-state index contributed by atoms with van der Waals surface area (Å²) in [5.74, 6) is -0.237. The van der Waals surface area contributed by atoms with Crippen molar-refractivity contribution in [1.29, 1.82) is 0 Å². The van der Waals surface area contributed by atoms with Crippen molar-refractivity contribution in [1.82, 2.24) is 0 Å². The van der Waals surface area contributed by atoms with Gasteiger partial charge >= 0.3 is 0 Å². The minimum Gasteiger partial charge on any atom is -0.388 e. The quantitative estimate of drug-likeness (QED) is 0.825. The number of benzene rings is 2. The van der Waals surface area contributed by atoms with Gasteiger partial charge in [0.15, 0.2) is 0 Å². The first-order chi connectivity index (χ1) is 9.51. The normalized spacial score (nSPS) is 14.1. The highest BCUT2D eigenvalue weighted by Crippen LogP contribution is 2.33. The third kappa shape index (κ3) is 3.74. The van der Waals surface area contributed by atoms with E-state index in [9.17, 15) is 5.11 Å². The number of hydrogen-bond acceptors (Lipinski definition) is 2. The smallest absolute Gasteiger partial charge is 0.0871 e. The monoisotopic (exact) mass is 373 g/mol. The first-order valence-corrected chi connectivity index (χ1v) is 7.65. The summed E-state index contributed by atoms with van der Waals surface area (Å²) in [6, 6.07) is 12.7. The van der Waals surface area contributed by atoms with Gasteiger partial charge < -0.3 is 10.8 Å². The molecule has 2 aromatic rings. The van der Waals surface area contributed by atoms with Crippen LogP contribution in [0.25, 0.3) is 0 Å². The molecule has 0 amide bonds. The highest BCUT2D eigenvalue weighted by molar-refractivity contribution is 9.10. The van der Waals surface area contributed by atoms with Crippen molar-refractivity contribution < 1.29 is 5.11 Å². The summed E-state index contributed by atoms with van der Waals surface area (Å²) < 4.78 is 0.820. The Balaban J connectivity index is 2.35. The lowest BCUT2D eigenvalue weighted by atomic mass is 9.89. The van der Waals surface area contributed by atoms with E-state index in [4.69, 9.17) is 28.9 Å². The maximum atomic E-state index is 10.6. The SMILES string of the molecule is NCC(c1cccc(Cl)c1)C(O)c1cc(Cl)cc(Br)c1. The van der Waals surface area contributed by atoms with Gasteiger partial charge in [-0.3, -0.25) is 0 Å². The van der Waals surface area contributed by atoms with Crippen molar-refractivity contribution in [3.63, 3.8) is 0 Å². The molecule has 0 aliphatic heterocycles. The number of rotatable bonds is 4. The minimum absolute atomic E-state index is 0.237. The van der Waals surface area contributed by atoms with E-state index in [2.05, 4.69) is 15.9 Å². The topological polar surface area (TPSA) is 46.2 Å². The van der Waals surface area contributed by atoms with Crippen LogP contribution in [0.5, 0.6) is 0 Å². The van der Waals surface area contributed by atoms with Crippen LogP contribution >= 0.6 is 39.1 Å². The van der Waals surface area contributed by atoms with Crippen LogP contribution in [-0.2, 0) is 0 Å². The summed E-state index contributed by atoms with van der Waals surface area (Å²) in [6.07, 6.45) is -0.742. The summed E-state index contributed by atoms with van der Waals surface area (Å²) in [5.41, 5.74) is 7.45. The van der Waals surface area contributed by atoms with Gasteiger partial charge in [-0.15, -0.1) is 0 Å². The van der Waals surface area contributed by atoms with Gasteiger partial charge in [0.05, 0.1) is 6.10 Å². The molecule has 0 saturated carbocycles. The Morgan fingerprint density at radius 3 is 2.35 bits per heavy atom. The average Bonchev–Trinajstić information content (AvgIpc) is 2.38. The Morgan fingerprint density at radius 2 is 1.75 bits per heavy atom. The second kappa shape index (κ2) is 6.92. The van der Waals surface area contributed by atoms with Gasteiger partial charge in [0, 0.05) is 27.0 Å². The van der Waals surface area contributed by atoms with Crippen molar-refractivity contribution in [3.8, 4) is 0 Å². The molecule has 0 aliphatic carbocycles. The molecular weight excluding hydrogens is 361 g/mol. The van der Waals surface area contributed by atoms with E-state index in [-0.39, 0.29) is 5.92 Å². The molecule has 0 aromatic heterocycles. The number of hydrogen-bond donors (Lipinski definition) is 2. The van der Waals surface area contributed by atoms with Crippen molar-refractivity contribution in [3.05, 3.63) is 68.1 Å². The van der Waals surface area contributed by atoms with Gasteiger partial charge in [0.2, 0.25) is 0 Å². The van der Waals surface area contributed by atoms with Crippen LogP contribution in [0.3, 0.4) is 0 Å². The second-order valence-electron chi connectivity index (χ2n) is 4.54. The Morgan fingerprint density at radius 1 is 1.05 bits per heavy atom. The predicted molar refractivity (Wildman–Crippen MR) is 87.4 cm³/mol. The molecule has 0 bridgehead atoms. The molecule has 2 atom stereocenters. The van der Waals surface area contributed by atoms with Crippen molar-refractivity contribution in [2.24, 2.45) is 5.73 Å². The number of nitrogens with two attached hydrogens (primary N) is 1. The fraction of sp³-hybridized carbons (Fsp3) is 0.200. The highest BCUT2D eigenvalue weighted by Gasteiger charge is 2.22. The molecule has 20 heavy (non-hydrogen) atoms. The molecule has 2 aromatic carbocycles. The molecule has 2 nitrogen and oxygen atoms in total. The fourth-order valence-corrected chi connectivity index (χ4v) is 3.25. The highest BCUT2D eigenvalue weighted by atomic mass is 79.9. The summed E-state index contributed by atoms with van der Waals surface area (Å²) in [7, 11) is 0. The van der Waals surface area contributed by atoms with E-state index in [1.54, 1.807) is 18.2 Å². The molecule has 0 fully saturated rings. The molecule has 0 heterocycles. The lowest BCUT2D eigenvalue weighted by molar-refractivity contribution is 0.147. The molecule has 2 unspecified atom stereocenters. The zero-order valence-corrected chi connectivity index (χ0v) is 13.7. The van der Waals surface area contributed by atoms with E-state index < -0.39 is 6.10 Å². The maximum Gasteiger partial charge on any atom is 0.0871 e. The van der Waals surface area contributed by atoms with E-state index in [0.717, 1.165) is 15.6 Å². The predicted octanol–water partition coefficient (Wildman–Crippen LogP) is 4.53. The Kier molecular flexibility index (Phi) is 5.47. The fourth-order valence-electron chi connectivity index (χ4n) is 2.16. The second-order valence-corrected chi connectivity index (χ2v) is 6.33. The molecule has 106 valence electrons. The molecule has 2 rings (SSSR count). The largest absolute Gasteiger partial charge is 0.388 e. The molecule has 5 heteroatoms. The first kappa shape index (κ1) is 15.8. The summed E-state index contributed by atoms with van der Waals surface area (Å²) in [5, 5.41) is 11.8. The van der Waals surface area contributed by atoms with Crippen LogP contribution in [0.15, 0.2) is 46.9 Å². The van der Waals surface area contributed by atoms with Gasteiger partial charge in [0.25, 0.3) is 0 Å². The van der Waals surface area contributed by atoms with Gasteiger partial charge in [-0.05, 0) is 41.5 Å². The first-order valence-electron chi connectivity index (χ1n) is 6.11. The Labute approximate surface area is 136 Å². The number of halogens is 3. The third-order valence-corrected chi connectivity index (χ3v) is 4.05. The average molecular weight is 375 g/mol. The van der Waals surface area contributed by atoms with E-state index in [1.165, 1.54) is 0 Å². The van der Waals surface area contributed by atoms with Crippen molar-refractivity contribution in [2.75, 3.05) is 6.54 Å². The van der Waals surface area contributed by atoms with E-state index in [0.29, 0.717) is 16.6 Å². The van der Waals surface area contributed by atoms with Crippen molar-refractivity contribution in [2.45, 2.75) is 12.0 Å². The van der Waals surface area contributed by atoms with Crippen molar-refractivity contribution >= 4 is 39.1 Å². The zero-order valence-electron chi connectivity index (χ0n) is 10.6. The Hall–Kier alpha value is -0.580. The molecule has 0 saturated heterocycles. The molecule has 0 radical (unpaired) electrons. The molecule has 3 N–H and O–H groups in total. The number of aliphatic hydroxyl groups excluding tert-OH is 1. The van der Waals surface area contributed by atoms with Crippen LogP contribution in [0.1, 0.15) is 23.1 Å². The van der Waals surface area contributed by atoms with Crippen LogP contribution in [0.2, 0.25) is 10.0 Å². The molecular formula is C15H14BrCl2NO. The standard InChI is InChI=1S/C15H14BrCl2NO/c16-11-4-10(6-13(18)7-11)15(20)14(8-19)9-2-1-3-12(17)5-9/h1-7,14-15,20H,8,19H2. The lowest BCUT2D eigenvalue weighted by Gasteiger charge is -2.23. The van der Waals surface area contributed by atoms with Gasteiger partial charge in [-0.1, -0.05) is 51.3 Å². The van der Waals surface area contributed by atoms with Crippen LogP contribution in [-0.4, -0.2) is 11.7 Å². The molecule has 0 aliphatic rings. The third-order valence-electron chi connectivity index (χ3n) is 3.14. The van der Waals surface area contributed by atoms with Gasteiger partial charge in [-0.25, -0.2) is 0 Å². The van der Waals surface area contributed by atoms with Gasteiger partial charge in [0.1, 0.15) is 0 Å². The summed E-state index contributed by atoms with van der Waals surface area (Å²) in [4.78, 5) is 0. The zero-order chi connectivity index (χ0) is 14.7. The van der Waals surface area contributed by atoms with Crippen LogP contribution in [0.4, 0.5) is 0 Å². The van der Waals surface area contributed by atoms with E-state index in [1.807, 2.05) is 24.3 Å². The summed E-state index contributed by atoms with van der Waals surface area (Å²) >= 11 is 15.4. The van der Waals surface area contributed by atoms with E-state index >= 15 is 0 Å². The van der Waals surface area contributed by atoms with Crippen LogP contribution < -0.4 is 5.73 Å². The maximum absolute atomic E-state index is 10.6. The van der Waals surface area contributed by atoms with Gasteiger partial charge in [-0.2, -0.15) is 0 Å². The number of aliphatic hydroxyl groups is 1. The minimum atomic E-state index is -0.742.